The van der Waals surface area contributed by atoms with E-state index in [1.165, 1.54) is 0 Å². The molecule has 1 aliphatic rings. The van der Waals surface area contributed by atoms with Crippen LogP contribution in [0, 0.1) is 5.41 Å². The standard InChI is InChI=1S/C22H23BrO3/c1-4-14-5-8-17(26-16-9-6-15(23)7-10-16)11-18(14)21-19(24)12-22(2,3)13-20(21)25/h5-11,21H,4,12-13H2,1-3H3. The average molecular weight is 415 g/mol. The normalized spacial score (nSPS) is 17.4. The summed E-state index contributed by atoms with van der Waals surface area (Å²) in [6.07, 6.45) is 1.64. The number of benzene rings is 2. The highest BCUT2D eigenvalue weighted by Gasteiger charge is 2.41. The molecule has 1 saturated carbocycles. The van der Waals surface area contributed by atoms with E-state index in [9.17, 15) is 9.59 Å². The number of Topliss-reactive ketones (excluding diaryl/α,β-unsaturated/α-hetero) is 2. The van der Waals surface area contributed by atoms with Crippen LogP contribution in [0.4, 0.5) is 0 Å². The molecule has 0 bridgehead atoms. The quantitative estimate of drug-likeness (QED) is 0.589. The minimum Gasteiger partial charge on any atom is -0.457 e. The summed E-state index contributed by atoms with van der Waals surface area (Å²) in [7, 11) is 0. The molecule has 0 heterocycles. The molecule has 2 aromatic carbocycles. The summed E-state index contributed by atoms with van der Waals surface area (Å²) < 4.78 is 6.91. The maximum atomic E-state index is 12.7. The first-order chi connectivity index (χ1) is 12.3. The molecule has 26 heavy (non-hydrogen) atoms. The average Bonchev–Trinajstić information content (AvgIpc) is 2.55. The van der Waals surface area contributed by atoms with Crippen molar-refractivity contribution >= 4 is 27.5 Å². The molecule has 0 radical (unpaired) electrons. The summed E-state index contributed by atoms with van der Waals surface area (Å²) in [6.45, 7) is 6.00. The summed E-state index contributed by atoms with van der Waals surface area (Å²) in [5.74, 6) is 0.728. The van der Waals surface area contributed by atoms with Gasteiger partial charge in [0.05, 0.1) is 0 Å². The van der Waals surface area contributed by atoms with Crippen molar-refractivity contribution in [2.75, 3.05) is 0 Å². The highest BCUT2D eigenvalue weighted by Crippen LogP contribution is 2.40. The van der Waals surface area contributed by atoms with Gasteiger partial charge in [0.2, 0.25) is 0 Å². The highest BCUT2D eigenvalue weighted by atomic mass is 79.9. The number of halogens is 1. The van der Waals surface area contributed by atoms with Crippen LogP contribution in [0.15, 0.2) is 46.9 Å². The minimum absolute atomic E-state index is 0.0155. The molecule has 4 heteroatoms. The molecule has 0 amide bonds. The summed E-state index contributed by atoms with van der Waals surface area (Å²) in [5, 5.41) is 0. The molecule has 0 unspecified atom stereocenters. The molecule has 0 aliphatic heterocycles. The maximum absolute atomic E-state index is 12.7. The SMILES string of the molecule is CCc1ccc(Oc2ccc(Br)cc2)cc1C1C(=O)CC(C)(C)CC1=O. The molecule has 1 fully saturated rings. The third kappa shape index (κ3) is 4.07. The maximum Gasteiger partial charge on any atom is 0.148 e. The van der Waals surface area contributed by atoms with Gasteiger partial charge in [-0.15, -0.1) is 0 Å². The third-order valence-corrected chi connectivity index (χ3v) is 5.34. The van der Waals surface area contributed by atoms with Crippen molar-refractivity contribution < 1.29 is 14.3 Å². The summed E-state index contributed by atoms with van der Waals surface area (Å²) in [6, 6.07) is 13.3. The first kappa shape index (κ1) is 18.8. The van der Waals surface area contributed by atoms with Crippen LogP contribution in [0.5, 0.6) is 11.5 Å². The molecule has 3 rings (SSSR count). The fourth-order valence-electron chi connectivity index (χ4n) is 3.60. The third-order valence-electron chi connectivity index (χ3n) is 4.81. The zero-order valence-corrected chi connectivity index (χ0v) is 16.9. The van der Waals surface area contributed by atoms with E-state index in [1.54, 1.807) is 0 Å². The van der Waals surface area contributed by atoms with Gasteiger partial charge in [0.1, 0.15) is 29.0 Å². The van der Waals surface area contributed by atoms with Crippen LogP contribution < -0.4 is 4.74 Å². The van der Waals surface area contributed by atoms with Gasteiger partial charge in [-0.2, -0.15) is 0 Å². The number of ketones is 2. The van der Waals surface area contributed by atoms with Gasteiger partial charge in [-0.1, -0.05) is 42.8 Å². The largest absolute Gasteiger partial charge is 0.457 e. The zero-order valence-electron chi connectivity index (χ0n) is 15.3. The lowest BCUT2D eigenvalue weighted by Gasteiger charge is -2.33. The molecule has 2 aromatic rings. The van der Waals surface area contributed by atoms with E-state index < -0.39 is 5.92 Å². The number of ether oxygens (including phenoxy) is 1. The van der Waals surface area contributed by atoms with E-state index in [-0.39, 0.29) is 17.0 Å². The van der Waals surface area contributed by atoms with Gasteiger partial charge in [0, 0.05) is 17.3 Å². The van der Waals surface area contributed by atoms with Gasteiger partial charge < -0.3 is 4.74 Å². The zero-order chi connectivity index (χ0) is 18.9. The molecular formula is C22H23BrO3. The second-order valence-electron chi connectivity index (χ2n) is 7.65. The van der Waals surface area contributed by atoms with E-state index in [4.69, 9.17) is 4.74 Å². The lowest BCUT2D eigenvalue weighted by Crippen LogP contribution is -2.36. The molecule has 0 saturated heterocycles. The van der Waals surface area contributed by atoms with Gasteiger partial charge in [0.25, 0.3) is 0 Å². The molecule has 1 aliphatic carbocycles. The smallest absolute Gasteiger partial charge is 0.148 e. The van der Waals surface area contributed by atoms with Gasteiger partial charge in [-0.3, -0.25) is 9.59 Å². The van der Waals surface area contributed by atoms with Crippen molar-refractivity contribution in [3.8, 4) is 11.5 Å². The molecule has 0 aromatic heterocycles. The topological polar surface area (TPSA) is 43.4 Å². The van der Waals surface area contributed by atoms with Crippen LogP contribution in [0.2, 0.25) is 0 Å². The monoisotopic (exact) mass is 414 g/mol. The van der Waals surface area contributed by atoms with Crippen LogP contribution in [-0.2, 0) is 16.0 Å². The molecule has 0 atom stereocenters. The van der Waals surface area contributed by atoms with Gasteiger partial charge in [0.15, 0.2) is 0 Å². The Bertz CT molecular complexity index is 817. The number of rotatable bonds is 4. The van der Waals surface area contributed by atoms with Crippen molar-refractivity contribution in [3.63, 3.8) is 0 Å². The first-order valence-electron chi connectivity index (χ1n) is 8.91. The van der Waals surface area contributed by atoms with E-state index in [0.717, 1.165) is 22.0 Å². The van der Waals surface area contributed by atoms with Crippen LogP contribution in [0.3, 0.4) is 0 Å². The molecular weight excluding hydrogens is 392 g/mol. The Labute approximate surface area is 162 Å². The fourth-order valence-corrected chi connectivity index (χ4v) is 3.87. The van der Waals surface area contributed by atoms with Crippen molar-refractivity contribution in [2.45, 2.75) is 46.0 Å². The van der Waals surface area contributed by atoms with Gasteiger partial charge in [-0.25, -0.2) is 0 Å². The molecule has 0 N–H and O–H groups in total. The summed E-state index contributed by atoms with van der Waals surface area (Å²) in [4.78, 5) is 25.5. The predicted molar refractivity (Wildman–Crippen MR) is 106 cm³/mol. The number of carbonyl (C=O) groups is 2. The number of hydrogen-bond donors (Lipinski definition) is 0. The van der Waals surface area contributed by atoms with E-state index in [0.29, 0.717) is 24.3 Å². The van der Waals surface area contributed by atoms with Crippen molar-refractivity contribution in [1.82, 2.24) is 0 Å². The molecule has 3 nitrogen and oxygen atoms in total. The predicted octanol–water partition coefficient (Wildman–Crippen LogP) is 5.85. The lowest BCUT2D eigenvalue weighted by molar-refractivity contribution is -0.135. The molecule has 136 valence electrons. The highest BCUT2D eigenvalue weighted by molar-refractivity contribution is 9.10. The summed E-state index contributed by atoms with van der Waals surface area (Å²) >= 11 is 3.41. The lowest BCUT2D eigenvalue weighted by atomic mass is 9.69. The van der Waals surface area contributed by atoms with Crippen LogP contribution >= 0.6 is 15.9 Å². The van der Waals surface area contributed by atoms with Crippen molar-refractivity contribution in [1.29, 1.82) is 0 Å². The van der Waals surface area contributed by atoms with Crippen LogP contribution in [0.1, 0.15) is 50.7 Å². The Morgan fingerprint density at radius 1 is 1.00 bits per heavy atom. The van der Waals surface area contributed by atoms with E-state index in [1.807, 2.05) is 63.2 Å². The minimum atomic E-state index is -0.661. The van der Waals surface area contributed by atoms with E-state index in [2.05, 4.69) is 15.9 Å². The van der Waals surface area contributed by atoms with Crippen LogP contribution in [0.25, 0.3) is 0 Å². The fraction of sp³-hybridized carbons (Fsp3) is 0.364. The number of hydrogen-bond acceptors (Lipinski definition) is 3. The Kier molecular flexibility index (Phi) is 5.33. The first-order valence-corrected chi connectivity index (χ1v) is 9.70. The van der Waals surface area contributed by atoms with E-state index >= 15 is 0 Å². The van der Waals surface area contributed by atoms with Crippen LogP contribution in [-0.4, -0.2) is 11.6 Å². The van der Waals surface area contributed by atoms with Crippen molar-refractivity contribution in [2.24, 2.45) is 5.41 Å². The molecule has 0 spiro atoms. The van der Waals surface area contributed by atoms with Gasteiger partial charge >= 0.3 is 0 Å². The number of carbonyl (C=O) groups excluding carboxylic acids is 2. The number of aryl methyl sites for hydroxylation is 1. The summed E-state index contributed by atoms with van der Waals surface area (Å²) in [5.41, 5.74) is 1.58. The Balaban J connectivity index is 1.94. The van der Waals surface area contributed by atoms with Gasteiger partial charge in [-0.05, 0) is 59.4 Å². The Hall–Kier alpha value is -1.94. The van der Waals surface area contributed by atoms with Crippen molar-refractivity contribution in [3.05, 3.63) is 58.1 Å². The second-order valence-corrected chi connectivity index (χ2v) is 8.57. The Morgan fingerprint density at radius 2 is 1.58 bits per heavy atom. The Morgan fingerprint density at radius 3 is 2.15 bits per heavy atom. The second kappa shape index (κ2) is 7.36.